The highest BCUT2D eigenvalue weighted by Crippen LogP contribution is 2.32. The van der Waals surface area contributed by atoms with Gasteiger partial charge < -0.3 is 9.47 Å². The molecule has 0 N–H and O–H groups in total. The molecule has 0 unspecified atom stereocenters. The first kappa shape index (κ1) is 28.9. The van der Waals surface area contributed by atoms with Crippen molar-refractivity contribution in [3.8, 4) is 22.5 Å². The third-order valence-corrected chi connectivity index (χ3v) is 10.2. The number of rotatable bonds is 7. The van der Waals surface area contributed by atoms with Gasteiger partial charge >= 0.3 is 0 Å². The fourth-order valence-corrected chi connectivity index (χ4v) is 6.78. The first-order chi connectivity index (χ1) is 20.2. The molecule has 3 heterocycles. The molecule has 1 fully saturated rings. The monoisotopic (exact) mass is 690 g/mol. The van der Waals surface area contributed by atoms with Gasteiger partial charge in [0.15, 0.2) is 9.84 Å². The van der Waals surface area contributed by atoms with Crippen molar-refractivity contribution >= 4 is 49.0 Å². The molecule has 1 aliphatic rings. The lowest BCUT2D eigenvalue weighted by Gasteiger charge is -2.36. The lowest BCUT2D eigenvalue weighted by atomic mass is 10.1. The summed E-state index contributed by atoms with van der Waals surface area (Å²) in [7, 11) is -1.18. The van der Waals surface area contributed by atoms with Crippen molar-refractivity contribution in [2.24, 2.45) is 7.05 Å². The molecule has 8 heteroatoms. The minimum absolute atomic E-state index is 0.327. The molecule has 0 amide bonds. The Labute approximate surface area is 262 Å². The molecule has 1 aliphatic heterocycles. The molecule has 1 saturated heterocycles. The Bertz CT molecular complexity index is 1820. The second-order valence-corrected chi connectivity index (χ2v) is 14.4. The van der Waals surface area contributed by atoms with E-state index < -0.39 is 9.84 Å². The minimum Gasteiger partial charge on any atom is -0.369 e. The highest BCUT2D eigenvalue weighted by molar-refractivity contribution is 14.1. The third-order valence-electron chi connectivity index (χ3n) is 8.34. The van der Waals surface area contributed by atoms with E-state index in [1.54, 1.807) is 12.1 Å². The van der Waals surface area contributed by atoms with E-state index in [-0.39, 0.29) is 0 Å². The van der Waals surface area contributed by atoms with Crippen LogP contribution in [-0.2, 0) is 23.3 Å². The van der Waals surface area contributed by atoms with Gasteiger partial charge in [-0.05, 0) is 95.6 Å². The van der Waals surface area contributed by atoms with E-state index >= 15 is 0 Å². The van der Waals surface area contributed by atoms with Crippen molar-refractivity contribution in [3.63, 3.8) is 0 Å². The second kappa shape index (κ2) is 11.8. The van der Waals surface area contributed by atoms with Crippen LogP contribution in [0.3, 0.4) is 0 Å². The normalized spacial score (nSPS) is 14.5. The molecule has 3 aromatic carbocycles. The van der Waals surface area contributed by atoms with Gasteiger partial charge in [0.1, 0.15) is 0 Å². The summed E-state index contributed by atoms with van der Waals surface area (Å²) in [6.07, 6.45) is 2.33. The smallest absolute Gasteiger partial charge is 0.175 e. The Hall–Kier alpha value is -3.21. The standard InChI is InChI=1S/C34H35IN4O2S/c1-24-31-22-33(27-8-14-30(15-9-27)42(3,40)41)37(2)34(31)23-32(36-24)26-6-12-29(13-7-26)39-20-18-38(19-21-39)17-16-25-4-10-28(35)11-5-25/h4-15,22-23H,16-21H2,1-3H3. The predicted octanol–water partition coefficient (Wildman–Crippen LogP) is 6.59. The highest BCUT2D eigenvalue weighted by Gasteiger charge is 2.18. The summed E-state index contributed by atoms with van der Waals surface area (Å²) >= 11 is 2.36. The quantitative estimate of drug-likeness (QED) is 0.181. The van der Waals surface area contributed by atoms with Crippen molar-refractivity contribution in [2.45, 2.75) is 18.2 Å². The summed E-state index contributed by atoms with van der Waals surface area (Å²) in [6.45, 7) is 7.38. The summed E-state index contributed by atoms with van der Waals surface area (Å²) in [5.41, 5.74) is 8.79. The summed E-state index contributed by atoms with van der Waals surface area (Å²) in [4.78, 5) is 10.3. The maximum Gasteiger partial charge on any atom is 0.175 e. The van der Waals surface area contributed by atoms with Crippen molar-refractivity contribution < 1.29 is 8.42 Å². The van der Waals surface area contributed by atoms with Crippen LogP contribution >= 0.6 is 22.6 Å². The van der Waals surface area contributed by atoms with Crippen LogP contribution in [0.15, 0.2) is 89.8 Å². The number of hydrogen-bond donors (Lipinski definition) is 0. The van der Waals surface area contributed by atoms with Gasteiger partial charge in [-0.3, -0.25) is 9.88 Å². The van der Waals surface area contributed by atoms with Crippen LogP contribution in [0.25, 0.3) is 33.4 Å². The van der Waals surface area contributed by atoms with Crippen molar-refractivity contribution in [3.05, 3.63) is 99.8 Å². The maximum atomic E-state index is 11.9. The maximum absolute atomic E-state index is 11.9. The fraction of sp³-hybridized carbons (Fsp3) is 0.265. The number of piperazine rings is 1. The number of anilines is 1. The second-order valence-electron chi connectivity index (χ2n) is 11.2. The number of sulfone groups is 1. The zero-order chi connectivity index (χ0) is 29.4. The molecule has 0 atom stereocenters. The molecule has 0 spiro atoms. The molecule has 6 nitrogen and oxygen atoms in total. The van der Waals surface area contributed by atoms with Crippen LogP contribution < -0.4 is 4.90 Å². The zero-order valence-electron chi connectivity index (χ0n) is 24.2. The Balaban J connectivity index is 1.15. The molecule has 0 bridgehead atoms. The SMILES string of the molecule is Cc1nc(-c2ccc(N3CCN(CCc4ccc(I)cc4)CC3)cc2)cc2c1cc(-c1ccc(S(C)(=O)=O)cc1)n2C. The minimum atomic E-state index is -3.23. The number of benzene rings is 3. The van der Waals surface area contributed by atoms with Crippen LogP contribution in [0, 0.1) is 10.5 Å². The number of halogens is 1. The topological polar surface area (TPSA) is 58.4 Å². The van der Waals surface area contributed by atoms with Gasteiger partial charge in [-0.25, -0.2) is 8.42 Å². The van der Waals surface area contributed by atoms with E-state index in [9.17, 15) is 8.42 Å². The molecular formula is C34H35IN4O2S. The summed E-state index contributed by atoms with van der Waals surface area (Å²) in [5, 5.41) is 1.10. The van der Waals surface area contributed by atoms with Gasteiger partial charge in [-0.1, -0.05) is 36.4 Å². The molecule has 0 saturated carbocycles. The fourth-order valence-electron chi connectivity index (χ4n) is 5.79. The van der Waals surface area contributed by atoms with Crippen molar-refractivity contribution in [1.82, 2.24) is 14.5 Å². The van der Waals surface area contributed by atoms with Crippen LogP contribution in [-0.4, -0.2) is 61.8 Å². The Morgan fingerprint density at radius 1 is 0.833 bits per heavy atom. The Kier molecular flexibility index (Phi) is 8.13. The van der Waals surface area contributed by atoms with Crippen LogP contribution in [0.4, 0.5) is 5.69 Å². The zero-order valence-corrected chi connectivity index (χ0v) is 27.2. The van der Waals surface area contributed by atoms with Crippen LogP contribution in [0.2, 0.25) is 0 Å². The number of nitrogens with zero attached hydrogens (tertiary/aromatic N) is 4. The van der Waals surface area contributed by atoms with E-state index in [0.29, 0.717) is 4.90 Å². The number of aryl methyl sites for hydroxylation is 2. The molecule has 0 aliphatic carbocycles. The molecule has 6 rings (SSSR count). The van der Waals surface area contributed by atoms with E-state index in [4.69, 9.17) is 4.98 Å². The van der Waals surface area contributed by atoms with Gasteiger partial charge in [0, 0.05) is 77.6 Å². The Morgan fingerprint density at radius 2 is 1.48 bits per heavy atom. The Morgan fingerprint density at radius 3 is 2.12 bits per heavy atom. The van der Waals surface area contributed by atoms with Gasteiger partial charge in [0.05, 0.1) is 16.1 Å². The lowest BCUT2D eigenvalue weighted by molar-refractivity contribution is 0.261. The highest BCUT2D eigenvalue weighted by atomic mass is 127. The lowest BCUT2D eigenvalue weighted by Crippen LogP contribution is -2.47. The van der Waals surface area contributed by atoms with Crippen LogP contribution in [0.1, 0.15) is 11.3 Å². The van der Waals surface area contributed by atoms with Crippen LogP contribution in [0.5, 0.6) is 0 Å². The van der Waals surface area contributed by atoms with Gasteiger partial charge in [0.25, 0.3) is 0 Å². The molecule has 216 valence electrons. The third kappa shape index (κ3) is 6.11. The summed E-state index contributed by atoms with van der Waals surface area (Å²) < 4.78 is 27.2. The number of fused-ring (bicyclic) bond motifs is 1. The van der Waals surface area contributed by atoms with E-state index in [2.05, 4.69) is 112 Å². The van der Waals surface area contributed by atoms with Gasteiger partial charge in [-0.2, -0.15) is 0 Å². The molecule has 2 aromatic heterocycles. The van der Waals surface area contributed by atoms with Crippen molar-refractivity contribution in [1.29, 1.82) is 0 Å². The van der Waals surface area contributed by atoms with E-state index in [0.717, 1.165) is 78.3 Å². The average Bonchev–Trinajstić information content (AvgIpc) is 3.33. The van der Waals surface area contributed by atoms with Gasteiger partial charge in [0.2, 0.25) is 0 Å². The number of aromatic nitrogens is 2. The van der Waals surface area contributed by atoms with Crippen molar-refractivity contribution in [2.75, 3.05) is 43.9 Å². The molecule has 42 heavy (non-hydrogen) atoms. The molecular weight excluding hydrogens is 655 g/mol. The summed E-state index contributed by atoms with van der Waals surface area (Å²) in [6, 6.07) is 29.0. The van der Waals surface area contributed by atoms with Gasteiger partial charge in [-0.15, -0.1) is 0 Å². The van der Waals surface area contributed by atoms with E-state index in [1.807, 2.05) is 12.1 Å². The molecule has 0 radical (unpaired) electrons. The summed E-state index contributed by atoms with van der Waals surface area (Å²) in [5.74, 6) is 0. The number of pyridine rings is 1. The first-order valence-corrected chi connectivity index (χ1v) is 17.2. The largest absolute Gasteiger partial charge is 0.369 e. The number of hydrogen-bond acceptors (Lipinski definition) is 5. The van der Waals surface area contributed by atoms with E-state index in [1.165, 1.54) is 21.1 Å². The molecule has 5 aromatic rings. The predicted molar refractivity (Wildman–Crippen MR) is 181 cm³/mol. The average molecular weight is 691 g/mol. The first-order valence-electron chi connectivity index (χ1n) is 14.3.